The topological polar surface area (TPSA) is 70.7 Å². The van der Waals surface area contributed by atoms with E-state index in [1.807, 2.05) is 12.1 Å². The highest BCUT2D eigenvalue weighted by Crippen LogP contribution is 2.44. The molecule has 0 unspecified atom stereocenters. The number of anilines is 1. The summed E-state index contributed by atoms with van der Waals surface area (Å²) in [6.07, 6.45) is 4.44. The van der Waals surface area contributed by atoms with E-state index in [-0.39, 0.29) is 36.2 Å². The summed E-state index contributed by atoms with van der Waals surface area (Å²) in [6, 6.07) is 7.21. The number of benzene rings is 1. The molecule has 1 heterocycles. The van der Waals surface area contributed by atoms with E-state index >= 15 is 0 Å². The second-order valence-electron chi connectivity index (χ2n) is 7.29. The van der Waals surface area contributed by atoms with Gasteiger partial charge in [-0.3, -0.25) is 9.59 Å². The fourth-order valence-electron chi connectivity index (χ4n) is 3.85. The average Bonchev–Trinajstić information content (AvgIpc) is 3.06. The quantitative estimate of drug-likeness (QED) is 0.821. The third kappa shape index (κ3) is 4.30. The van der Waals surface area contributed by atoms with Crippen LogP contribution in [0.1, 0.15) is 25.7 Å². The number of likely N-dealkylation sites (N-methyl/N-ethyl adjacent to an activating group) is 1. The lowest BCUT2D eigenvalue weighted by Gasteiger charge is -2.37. The van der Waals surface area contributed by atoms with E-state index in [2.05, 4.69) is 10.6 Å². The van der Waals surface area contributed by atoms with Crippen LogP contribution in [-0.4, -0.2) is 50.5 Å². The first-order chi connectivity index (χ1) is 12.0. The minimum Gasteiger partial charge on any atom is -0.484 e. The van der Waals surface area contributed by atoms with E-state index in [1.54, 1.807) is 26.2 Å². The minimum atomic E-state index is -0.258. The van der Waals surface area contributed by atoms with Crippen molar-refractivity contribution in [3.8, 4) is 5.75 Å². The molecular weight excluding hydrogens is 354 g/mol. The summed E-state index contributed by atoms with van der Waals surface area (Å²) in [5, 5.41) is 6.48. The highest BCUT2D eigenvalue weighted by Gasteiger charge is 2.49. The van der Waals surface area contributed by atoms with Gasteiger partial charge in [0.05, 0.1) is 5.41 Å². The first-order valence-corrected chi connectivity index (χ1v) is 8.96. The molecule has 144 valence electrons. The van der Waals surface area contributed by atoms with Crippen LogP contribution in [0.5, 0.6) is 5.75 Å². The number of amides is 2. The Bertz CT molecular complexity index is 635. The van der Waals surface area contributed by atoms with Crippen LogP contribution in [-0.2, 0) is 9.59 Å². The Kier molecular flexibility index (Phi) is 6.89. The van der Waals surface area contributed by atoms with Gasteiger partial charge < -0.3 is 20.3 Å². The molecule has 6 nitrogen and oxygen atoms in total. The smallest absolute Gasteiger partial charge is 0.259 e. The maximum Gasteiger partial charge on any atom is 0.259 e. The summed E-state index contributed by atoms with van der Waals surface area (Å²) in [4.78, 5) is 26.0. The minimum absolute atomic E-state index is 0. The molecule has 7 heteroatoms. The lowest BCUT2D eigenvalue weighted by molar-refractivity contribution is -0.130. The van der Waals surface area contributed by atoms with E-state index in [0.29, 0.717) is 11.7 Å². The van der Waals surface area contributed by atoms with E-state index in [9.17, 15) is 9.59 Å². The molecule has 0 bridgehead atoms. The Morgan fingerprint density at radius 1 is 1.27 bits per heavy atom. The van der Waals surface area contributed by atoms with Gasteiger partial charge in [-0.1, -0.05) is 12.8 Å². The zero-order chi connectivity index (χ0) is 17.9. The number of halogens is 1. The van der Waals surface area contributed by atoms with Crippen molar-refractivity contribution in [1.82, 2.24) is 10.2 Å². The van der Waals surface area contributed by atoms with Crippen LogP contribution < -0.4 is 15.4 Å². The summed E-state index contributed by atoms with van der Waals surface area (Å²) < 4.78 is 5.46. The fourth-order valence-corrected chi connectivity index (χ4v) is 3.85. The number of nitrogens with zero attached hydrogens (tertiary/aromatic N) is 1. The van der Waals surface area contributed by atoms with Crippen molar-refractivity contribution in [3.63, 3.8) is 0 Å². The maximum atomic E-state index is 12.9. The Balaban J connectivity index is 0.00000243. The second-order valence-corrected chi connectivity index (χ2v) is 7.29. The monoisotopic (exact) mass is 381 g/mol. The summed E-state index contributed by atoms with van der Waals surface area (Å²) in [5.41, 5.74) is 0.507. The number of carbonyl (C=O) groups excluding carboxylic acids is 2. The molecule has 1 saturated heterocycles. The third-order valence-corrected chi connectivity index (χ3v) is 5.46. The molecule has 1 aliphatic carbocycles. The predicted octanol–water partition coefficient (Wildman–Crippen LogP) is 2.29. The standard InChI is InChI=1S/C19H27N3O3.ClH/c1-22(2)17(23)12-25-16-8-6-15(7-9-16)21-18(24)19-10-4-3-5-14(19)11-20-13-19;/h6-9,14,20H,3-5,10-13H2,1-2H3,(H,21,24);1H/t14-,19+;/m0./s1. The lowest BCUT2D eigenvalue weighted by Crippen LogP contribution is -2.44. The SMILES string of the molecule is CN(C)C(=O)COc1ccc(NC(=O)[C@@]23CCCC[C@H]2CNC3)cc1.Cl. The number of ether oxygens (including phenoxy) is 1. The molecule has 3 rings (SSSR count). The van der Waals surface area contributed by atoms with Gasteiger partial charge in [-0.05, 0) is 49.6 Å². The van der Waals surface area contributed by atoms with Gasteiger partial charge >= 0.3 is 0 Å². The van der Waals surface area contributed by atoms with Crippen LogP contribution in [0.3, 0.4) is 0 Å². The largest absolute Gasteiger partial charge is 0.484 e. The summed E-state index contributed by atoms with van der Waals surface area (Å²) in [7, 11) is 3.39. The molecule has 0 aromatic heterocycles. The highest BCUT2D eigenvalue weighted by molar-refractivity contribution is 5.96. The molecule has 2 fully saturated rings. The van der Waals surface area contributed by atoms with Gasteiger partial charge in [-0.2, -0.15) is 0 Å². The number of hydrogen-bond donors (Lipinski definition) is 2. The van der Waals surface area contributed by atoms with Crippen molar-refractivity contribution in [2.24, 2.45) is 11.3 Å². The molecule has 2 atom stereocenters. The molecule has 2 aliphatic rings. The molecule has 0 spiro atoms. The fraction of sp³-hybridized carbons (Fsp3) is 0.579. The van der Waals surface area contributed by atoms with Crippen LogP contribution in [0.2, 0.25) is 0 Å². The van der Waals surface area contributed by atoms with Crippen molar-refractivity contribution in [2.75, 3.05) is 39.1 Å². The number of fused-ring (bicyclic) bond motifs is 1. The Hall–Kier alpha value is -1.79. The molecule has 1 aromatic carbocycles. The molecule has 1 saturated carbocycles. The molecule has 0 radical (unpaired) electrons. The Morgan fingerprint density at radius 2 is 2.00 bits per heavy atom. The molecule has 1 aliphatic heterocycles. The first-order valence-electron chi connectivity index (χ1n) is 8.96. The van der Waals surface area contributed by atoms with E-state index in [4.69, 9.17) is 4.74 Å². The van der Waals surface area contributed by atoms with Gasteiger partial charge in [0, 0.05) is 26.3 Å². The third-order valence-electron chi connectivity index (χ3n) is 5.46. The molecule has 2 amide bonds. The van der Waals surface area contributed by atoms with Crippen molar-refractivity contribution in [3.05, 3.63) is 24.3 Å². The zero-order valence-corrected chi connectivity index (χ0v) is 16.2. The molecule has 1 aromatic rings. The molecule has 26 heavy (non-hydrogen) atoms. The van der Waals surface area contributed by atoms with Gasteiger partial charge in [-0.25, -0.2) is 0 Å². The van der Waals surface area contributed by atoms with Crippen LogP contribution in [0.4, 0.5) is 5.69 Å². The molecule has 2 N–H and O–H groups in total. The predicted molar refractivity (Wildman–Crippen MR) is 104 cm³/mol. The van der Waals surface area contributed by atoms with Crippen LogP contribution >= 0.6 is 12.4 Å². The summed E-state index contributed by atoms with van der Waals surface area (Å²) in [6.45, 7) is 1.73. The van der Waals surface area contributed by atoms with Crippen molar-refractivity contribution >= 4 is 29.9 Å². The van der Waals surface area contributed by atoms with Crippen molar-refractivity contribution in [1.29, 1.82) is 0 Å². The van der Waals surface area contributed by atoms with Crippen molar-refractivity contribution < 1.29 is 14.3 Å². The molecular formula is C19H28ClN3O3. The Morgan fingerprint density at radius 3 is 2.69 bits per heavy atom. The van der Waals surface area contributed by atoms with E-state index in [1.165, 1.54) is 11.3 Å². The van der Waals surface area contributed by atoms with Gasteiger partial charge in [0.25, 0.3) is 5.91 Å². The number of hydrogen-bond acceptors (Lipinski definition) is 4. The Labute approximate surface area is 161 Å². The van der Waals surface area contributed by atoms with E-state index < -0.39 is 0 Å². The average molecular weight is 382 g/mol. The second kappa shape index (κ2) is 8.73. The number of rotatable bonds is 5. The zero-order valence-electron chi connectivity index (χ0n) is 15.4. The van der Waals surface area contributed by atoms with Crippen LogP contribution in [0.15, 0.2) is 24.3 Å². The summed E-state index contributed by atoms with van der Waals surface area (Å²) >= 11 is 0. The number of carbonyl (C=O) groups is 2. The van der Waals surface area contributed by atoms with Crippen LogP contribution in [0, 0.1) is 11.3 Å². The van der Waals surface area contributed by atoms with Crippen LogP contribution in [0.25, 0.3) is 0 Å². The van der Waals surface area contributed by atoms with Crippen molar-refractivity contribution in [2.45, 2.75) is 25.7 Å². The highest BCUT2D eigenvalue weighted by atomic mass is 35.5. The maximum absolute atomic E-state index is 12.9. The van der Waals surface area contributed by atoms with Gasteiger partial charge in [0.2, 0.25) is 5.91 Å². The van der Waals surface area contributed by atoms with Gasteiger partial charge in [0.15, 0.2) is 6.61 Å². The summed E-state index contributed by atoms with van der Waals surface area (Å²) in [5.74, 6) is 1.09. The van der Waals surface area contributed by atoms with E-state index in [0.717, 1.165) is 38.0 Å². The van der Waals surface area contributed by atoms with Gasteiger partial charge in [0.1, 0.15) is 5.75 Å². The van der Waals surface area contributed by atoms with Gasteiger partial charge in [-0.15, -0.1) is 12.4 Å². The first kappa shape index (κ1) is 20.5. The normalized spacial score (nSPS) is 24.2. The lowest BCUT2D eigenvalue weighted by atomic mass is 9.67. The number of nitrogens with one attached hydrogen (secondary N) is 2.